The third-order valence-electron chi connectivity index (χ3n) is 5.58. The van der Waals surface area contributed by atoms with Gasteiger partial charge in [-0.05, 0) is 36.7 Å². The molecule has 1 rings (SSSR count). The molecule has 0 aliphatic heterocycles. The number of rotatable bonds is 8. The van der Waals surface area contributed by atoms with Crippen molar-refractivity contribution < 1.29 is 23.8 Å². The van der Waals surface area contributed by atoms with Gasteiger partial charge in [0, 0.05) is 20.0 Å². The molecule has 0 bridgehead atoms. The van der Waals surface area contributed by atoms with Crippen LogP contribution in [0.1, 0.15) is 39.7 Å². The van der Waals surface area contributed by atoms with Crippen molar-refractivity contribution in [2.45, 2.75) is 70.6 Å². The summed E-state index contributed by atoms with van der Waals surface area (Å²) in [5.74, 6) is -0.552. The van der Waals surface area contributed by atoms with E-state index in [4.69, 9.17) is 16.0 Å². The van der Waals surface area contributed by atoms with Gasteiger partial charge in [0.15, 0.2) is 8.32 Å². The summed E-state index contributed by atoms with van der Waals surface area (Å²) in [6.07, 6.45) is -1.00. The molecule has 29 heavy (non-hydrogen) atoms. The normalized spacial score (nSPS) is 15.6. The third-order valence-corrected chi connectivity index (χ3v) is 10.6. The molecule has 0 heterocycles. The fourth-order valence-electron chi connectivity index (χ4n) is 2.64. The first-order valence-corrected chi connectivity index (χ1v) is 12.9. The van der Waals surface area contributed by atoms with Crippen LogP contribution in [0.4, 0.5) is 9.18 Å². The van der Waals surface area contributed by atoms with E-state index in [1.165, 1.54) is 17.0 Å². The number of hydrogen-bond acceptors (Lipinski definition) is 4. The first kappa shape index (κ1) is 25.8. The Morgan fingerprint density at radius 2 is 1.93 bits per heavy atom. The average molecular weight is 449 g/mol. The van der Waals surface area contributed by atoms with Crippen LogP contribution in [0.2, 0.25) is 23.2 Å². The lowest BCUT2D eigenvalue weighted by Gasteiger charge is -2.48. The highest BCUT2D eigenvalue weighted by Gasteiger charge is 2.46. The summed E-state index contributed by atoms with van der Waals surface area (Å²) in [5.41, 5.74) is -0.697. The Bertz CT molecular complexity index is 714. The van der Waals surface area contributed by atoms with Crippen molar-refractivity contribution in [1.29, 1.82) is 0 Å². The van der Waals surface area contributed by atoms with Crippen molar-refractivity contribution in [2.24, 2.45) is 0 Å². The van der Waals surface area contributed by atoms with Crippen molar-refractivity contribution in [3.05, 3.63) is 34.6 Å². The number of hydrogen-bond donors (Lipinski definition) is 3. The second-order valence-corrected chi connectivity index (χ2v) is 14.1. The minimum atomic E-state index is -2.32. The Hall–Kier alpha value is -1.19. The van der Waals surface area contributed by atoms with Gasteiger partial charge in [-0.15, -0.1) is 0 Å². The number of aliphatic hydroxyl groups is 2. The number of urea groups is 1. The van der Waals surface area contributed by atoms with E-state index < -0.39 is 38.6 Å². The zero-order valence-electron chi connectivity index (χ0n) is 18.3. The molecule has 0 aliphatic carbocycles. The number of nitrogens with zero attached hydrogens (tertiary/aromatic N) is 1. The Labute approximate surface area is 179 Å². The largest absolute Gasteiger partial charge is 0.395 e. The predicted octanol–water partition coefficient (Wildman–Crippen LogP) is 4.10. The average Bonchev–Trinajstić information content (AvgIpc) is 2.60. The maximum Gasteiger partial charge on any atom is 0.319 e. The van der Waals surface area contributed by atoms with Crippen molar-refractivity contribution >= 4 is 25.9 Å². The van der Waals surface area contributed by atoms with Crippen LogP contribution in [0.15, 0.2) is 18.2 Å². The smallest absolute Gasteiger partial charge is 0.319 e. The van der Waals surface area contributed by atoms with Crippen LogP contribution in [0, 0.1) is 5.82 Å². The predicted molar refractivity (Wildman–Crippen MR) is 116 cm³/mol. The van der Waals surface area contributed by atoms with Crippen molar-refractivity contribution in [3.8, 4) is 0 Å². The summed E-state index contributed by atoms with van der Waals surface area (Å²) in [6, 6.07) is 3.94. The molecular weight excluding hydrogens is 415 g/mol. The maximum atomic E-state index is 13.6. The van der Waals surface area contributed by atoms with Gasteiger partial charge in [-0.25, -0.2) is 9.18 Å². The molecular formula is C20H34ClFN2O4Si. The minimum Gasteiger partial charge on any atom is -0.395 e. The molecule has 3 N–H and O–H groups in total. The summed E-state index contributed by atoms with van der Waals surface area (Å²) >= 11 is 5.95. The summed E-state index contributed by atoms with van der Waals surface area (Å²) in [6.45, 7) is 11.7. The van der Waals surface area contributed by atoms with Crippen molar-refractivity contribution in [3.63, 3.8) is 0 Å². The highest BCUT2D eigenvalue weighted by molar-refractivity contribution is 6.74. The monoisotopic (exact) mass is 448 g/mol. The van der Waals surface area contributed by atoms with E-state index >= 15 is 0 Å². The van der Waals surface area contributed by atoms with Gasteiger partial charge in [0.1, 0.15) is 11.5 Å². The Kier molecular flexibility index (Phi) is 8.68. The Morgan fingerprint density at radius 1 is 1.34 bits per heavy atom. The second kappa shape index (κ2) is 9.74. The van der Waals surface area contributed by atoms with Gasteiger partial charge in [0.25, 0.3) is 0 Å². The molecule has 0 aromatic heterocycles. The third kappa shape index (κ3) is 6.65. The van der Waals surface area contributed by atoms with E-state index in [0.29, 0.717) is 5.56 Å². The SMILES string of the molecule is CN(C(=O)NCc1cccc(F)c1Cl)[C@](C)(C[C@@H](O)CO)O[Si](C)(C)C(C)(C)C. The van der Waals surface area contributed by atoms with E-state index in [1.807, 2.05) is 0 Å². The lowest BCUT2D eigenvalue weighted by atomic mass is 10.1. The molecule has 0 saturated heterocycles. The minimum absolute atomic E-state index is 0.0357. The fourth-order valence-corrected chi connectivity index (χ4v) is 4.46. The Balaban J connectivity index is 3.04. The first-order chi connectivity index (χ1) is 13.1. The highest BCUT2D eigenvalue weighted by atomic mass is 35.5. The van der Waals surface area contributed by atoms with Crippen LogP contribution < -0.4 is 5.32 Å². The number of aliphatic hydroxyl groups excluding tert-OH is 2. The van der Waals surface area contributed by atoms with Crippen LogP contribution in [-0.4, -0.2) is 54.9 Å². The molecule has 0 saturated carbocycles. The van der Waals surface area contributed by atoms with Gasteiger partial charge in [-0.2, -0.15) is 0 Å². The van der Waals surface area contributed by atoms with E-state index in [-0.39, 0.29) is 23.0 Å². The van der Waals surface area contributed by atoms with Crippen molar-refractivity contribution in [2.75, 3.05) is 13.7 Å². The molecule has 0 unspecified atom stereocenters. The molecule has 166 valence electrons. The van der Waals surface area contributed by atoms with Gasteiger partial charge in [-0.1, -0.05) is 44.5 Å². The fraction of sp³-hybridized carbons (Fsp3) is 0.650. The topological polar surface area (TPSA) is 82.0 Å². The van der Waals surface area contributed by atoms with E-state index in [1.54, 1.807) is 20.0 Å². The molecule has 2 amide bonds. The van der Waals surface area contributed by atoms with Crippen LogP contribution in [0.3, 0.4) is 0 Å². The lowest BCUT2D eigenvalue weighted by molar-refractivity contribution is -0.0806. The lowest BCUT2D eigenvalue weighted by Crippen LogP contribution is -2.60. The number of carbonyl (C=O) groups excluding carboxylic acids is 1. The molecule has 0 fully saturated rings. The summed E-state index contributed by atoms with van der Waals surface area (Å²) < 4.78 is 20.1. The first-order valence-electron chi connectivity index (χ1n) is 9.58. The van der Waals surface area contributed by atoms with Gasteiger partial charge in [0.2, 0.25) is 0 Å². The number of halogens is 2. The Morgan fingerprint density at radius 3 is 2.45 bits per heavy atom. The number of benzene rings is 1. The van der Waals surface area contributed by atoms with E-state index in [2.05, 4.69) is 39.2 Å². The molecule has 0 spiro atoms. The molecule has 1 aromatic rings. The van der Waals surface area contributed by atoms with E-state index in [9.17, 15) is 19.4 Å². The van der Waals surface area contributed by atoms with Crippen LogP contribution >= 0.6 is 11.6 Å². The quantitative estimate of drug-likeness (QED) is 0.413. The highest BCUT2D eigenvalue weighted by Crippen LogP contribution is 2.40. The molecule has 2 atom stereocenters. The maximum absolute atomic E-state index is 13.6. The zero-order valence-corrected chi connectivity index (χ0v) is 20.1. The summed E-state index contributed by atoms with van der Waals surface area (Å²) in [4.78, 5) is 14.2. The van der Waals surface area contributed by atoms with Gasteiger partial charge in [-0.3, -0.25) is 0 Å². The van der Waals surface area contributed by atoms with Crippen LogP contribution in [-0.2, 0) is 11.0 Å². The summed E-state index contributed by atoms with van der Waals surface area (Å²) in [5, 5.41) is 21.9. The molecule has 1 aromatic carbocycles. The number of nitrogens with one attached hydrogen (secondary N) is 1. The van der Waals surface area contributed by atoms with Gasteiger partial charge in [0.05, 0.1) is 17.7 Å². The zero-order chi connectivity index (χ0) is 22.6. The molecule has 0 aliphatic rings. The van der Waals surface area contributed by atoms with Crippen LogP contribution in [0.5, 0.6) is 0 Å². The van der Waals surface area contributed by atoms with E-state index in [0.717, 1.165) is 0 Å². The van der Waals surface area contributed by atoms with Crippen LogP contribution in [0.25, 0.3) is 0 Å². The molecule has 6 nitrogen and oxygen atoms in total. The molecule has 9 heteroatoms. The molecule has 0 radical (unpaired) electrons. The van der Waals surface area contributed by atoms with Gasteiger partial charge < -0.3 is 24.9 Å². The van der Waals surface area contributed by atoms with Gasteiger partial charge >= 0.3 is 6.03 Å². The number of carbonyl (C=O) groups is 1. The number of amides is 2. The second-order valence-electron chi connectivity index (χ2n) is 9.01. The van der Waals surface area contributed by atoms with Crippen molar-refractivity contribution in [1.82, 2.24) is 10.2 Å². The summed E-state index contributed by atoms with van der Waals surface area (Å²) in [7, 11) is -0.748. The standard InChI is InChI=1S/C20H34ClFN2O4Si/c1-19(2,3)29(6,7)28-20(4,11-15(26)13-25)24(5)18(27)23-12-14-9-8-10-16(22)17(14)21/h8-10,15,25-26H,11-13H2,1-7H3,(H,23,27)/t15-,20+/m1/s1.